The molecule has 2 rings (SSSR count). The summed E-state index contributed by atoms with van der Waals surface area (Å²) >= 11 is 2.05. The number of thioether (sulfide) groups is 1. The van der Waals surface area contributed by atoms with Crippen molar-refractivity contribution in [3.63, 3.8) is 0 Å². The Hall–Kier alpha value is -0.740. The van der Waals surface area contributed by atoms with Crippen molar-refractivity contribution in [2.75, 3.05) is 23.7 Å². The van der Waals surface area contributed by atoms with E-state index in [1.807, 2.05) is 17.8 Å². The van der Waals surface area contributed by atoms with Crippen LogP contribution in [0.4, 0.5) is 10.1 Å². The van der Waals surface area contributed by atoms with Gasteiger partial charge in [-0.05, 0) is 43.0 Å². The van der Waals surface area contributed by atoms with E-state index in [9.17, 15) is 4.39 Å². The Morgan fingerprint density at radius 3 is 2.95 bits per heavy atom. The van der Waals surface area contributed by atoms with Crippen molar-refractivity contribution < 1.29 is 4.39 Å². The van der Waals surface area contributed by atoms with Crippen molar-refractivity contribution in [1.29, 1.82) is 0 Å². The van der Waals surface area contributed by atoms with Gasteiger partial charge in [0, 0.05) is 35.8 Å². The van der Waals surface area contributed by atoms with E-state index in [0.29, 0.717) is 5.25 Å². The molecule has 1 heterocycles. The lowest BCUT2D eigenvalue weighted by atomic mass is 10.0. The molecule has 2 unspecified atom stereocenters. The summed E-state index contributed by atoms with van der Waals surface area (Å²) in [4.78, 5) is 2.40. The molecule has 1 fully saturated rings. The molecule has 0 aliphatic carbocycles. The van der Waals surface area contributed by atoms with Crippen molar-refractivity contribution in [1.82, 2.24) is 0 Å². The molecule has 0 saturated carbocycles. The summed E-state index contributed by atoms with van der Waals surface area (Å²) in [6.07, 6.45) is 2.86. The monoisotopic (exact) mass is 296 g/mol. The predicted molar refractivity (Wildman–Crippen MR) is 87.1 cm³/mol. The molecule has 1 aliphatic rings. The minimum Gasteiger partial charge on any atom is -0.369 e. The van der Waals surface area contributed by atoms with Gasteiger partial charge in [-0.25, -0.2) is 4.39 Å². The van der Waals surface area contributed by atoms with Crippen molar-refractivity contribution in [2.45, 2.75) is 44.4 Å². The first kappa shape index (κ1) is 15.6. The van der Waals surface area contributed by atoms with Crippen LogP contribution in [0.3, 0.4) is 0 Å². The molecule has 0 spiro atoms. The van der Waals surface area contributed by atoms with E-state index in [0.717, 1.165) is 37.2 Å². The van der Waals surface area contributed by atoms with E-state index in [4.69, 9.17) is 5.73 Å². The van der Waals surface area contributed by atoms with E-state index < -0.39 is 0 Å². The largest absolute Gasteiger partial charge is 0.369 e. The second kappa shape index (κ2) is 7.32. The topological polar surface area (TPSA) is 29.3 Å². The zero-order chi connectivity index (χ0) is 14.5. The van der Waals surface area contributed by atoms with Gasteiger partial charge in [0.1, 0.15) is 5.82 Å². The van der Waals surface area contributed by atoms with E-state index in [1.54, 1.807) is 12.1 Å². The summed E-state index contributed by atoms with van der Waals surface area (Å²) in [5, 5.41) is 0.682. The molecule has 0 bridgehead atoms. The summed E-state index contributed by atoms with van der Waals surface area (Å²) < 4.78 is 13.5. The predicted octanol–water partition coefficient (Wildman–Crippen LogP) is 3.44. The maximum atomic E-state index is 13.5. The molecule has 1 aromatic rings. The van der Waals surface area contributed by atoms with Crippen LogP contribution in [0.2, 0.25) is 0 Å². The highest BCUT2D eigenvalue weighted by molar-refractivity contribution is 8.00. The van der Waals surface area contributed by atoms with Crippen LogP contribution in [0.5, 0.6) is 0 Å². The Labute approximate surface area is 125 Å². The Balaban J connectivity index is 2.21. The van der Waals surface area contributed by atoms with Crippen LogP contribution in [0.15, 0.2) is 18.2 Å². The molecule has 0 amide bonds. The molecule has 20 heavy (non-hydrogen) atoms. The van der Waals surface area contributed by atoms with E-state index in [2.05, 4.69) is 18.7 Å². The molecule has 0 aromatic heterocycles. The van der Waals surface area contributed by atoms with Crippen molar-refractivity contribution in [3.05, 3.63) is 29.6 Å². The lowest BCUT2D eigenvalue weighted by Crippen LogP contribution is -2.38. The van der Waals surface area contributed by atoms with Crippen molar-refractivity contribution in [3.8, 4) is 0 Å². The Morgan fingerprint density at radius 1 is 1.45 bits per heavy atom. The van der Waals surface area contributed by atoms with E-state index in [1.165, 1.54) is 12.1 Å². The maximum Gasteiger partial charge on any atom is 0.123 e. The van der Waals surface area contributed by atoms with E-state index in [-0.39, 0.29) is 11.9 Å². The number of nitrogens with zero attached hydrogens (tertiary/aromatic N) is 1. The lowest BCUT2D eigenvalue weighted by molar-refractivity contribution is 0.612. The highest BCUT2D eigenvalue weighted by Crippen LogP contribution is 2.29. The molecule has 4 heteroatoms. The molecule has 2 atom stereocenters. The number of halogens is 1. The third kappa shape index (κ3) is 3.89. The first-order valence-corrected chi connectivity index (χ1v) is 8.59. The van der Waals surface area contributed by atoms with Gasteiger partial charge in [0.15, 0.2) is 0 Å². The quantitative estimate of drug-likeness (QED) is 0.902. The van der Waals surface area contributed by atoms with Gasteiger partial charge in [0.05, 0.1) is 0 Å². The summed E-state index contributed by atoms with van der Waals surface area (Å²) in [6, 6.07) is 5.26. The third-order valence-electron chi connectivity index (χ3n) is 3.98. The second-order valence-electron chi connectivity index (χ2n) is 5.49. The van der Waals surface area contributed by atoms with Crippen LogP contribution in [-0.4, -0.2) is 30.1 Å². The Kier molecular flexibility index (Phi) is 5.73. The third-order valence-corrected chi connectivity index (χ3v) is 5.35. The standard InChI is InChI=1S/C16H25FN2S/c1-3-14(18)10-12-9-13(17)5-6-16(12)19-7-8-20-15(4-2)11-19/h5-6,9,14-15H,3-4,7-8,10-11,18H2,1-2H3. The van der Waals surface area contributed by atoms with Gasteiger partial charge in [-0.3, -0.25) is 0 Å². The maximum absolute atomic E-state index is 13.5. The minimum atomic E-state index is -0.162. The van der Waals surface area contributed by atoms with Gasteiger partial charge < -0.3 is 10.6 Å². The zero-order valence-electron chi connectivity index (χ0n) is 12.4. The average molecular weight is 296 g/mol. The number of nitrogens with two attached hydrogens (primary N) is 1. The number of anilines is 1. The molecule has 1 aliphatic heterocycles. The molecular weight excluding hydrogens is 271 g/mol. The number of hydrogen-bond donors (Lipinski definition) is 1. The van der Waals surface area contributed by atoms with Crippen LogP contribution in [-0.2, 0) is 6.42 Å². The Bertz CT molecular complexity index is 438. The van der Waals surface area contributed by atoms with Gasteiger partial charge in [0.2, 0.25) is 0 Å². The van der Waals surface area contributed by atoms with Gasteiger partial charge >= 0.3 is 0 Å². The van der Waals surface area contributed by atoms with Gasteiger partial charge in [0.25, 0.3) is 0 Å². The van der Waals surface area contributed by atoms with Crippen molar-refractivity contribution in [2.24, 2.45) is 5.73 Å². The molecule has 2 N–H and O–H groups in total. The van der Waals surface area contributed by atoms with Gasteiger partial charge in [-0.1, -0.05) is 13.8 Å². The molecule has 1 saturated heterocycles. The summed E-state index contributed by atoms with van der Waals surface area (Å²) in [5.74, 6) is 0.986. The fraction of sp³-hybridized carbons (Fsp3) is 0.625. The fourth-order valence-corrected chi connectivity index (χ4v) is 3.82. The normalized spacial score (nSPS) is 21.0. The number of hydrogen-bond acceptors (Lipinski definition) is 3. The zero-order valence-corrected chi connectivity index (χ0v) is 13.3. The molecular formula is C16H25FN2S. The van der Waals surface area contributed by atoms with Crippen molar-refractivity contribution >= 4 is 17.4 Å². The number of rotatable bonds is 5. The SMILES string of the molecule is CCC(N)Cc1cc(F)ccc1N1CCSC(CC)C1. The first-order chi connectivity index (χ1) is 9.63. The van der Waals surface area contributed by atoms with Crippen LogP contribution in [0.25, 0.3) is 0 Å². The van der Waals surface area contributed by atoms with Crippen LogP contribution < -0.4 is 10.6 Å². The fourth-order valence-electron chi connectivity index (χ4n) is 2.64. The second-order valence-corrected chi connectivity index (χ2v) is 6.90. The summed E-state index contributed by atoms with van der Waals surface area (Å²) in [7, 11) is 0. The van der Waals surface area contributed by atoms with Gasteiger partial charge in [-0.15, -0.1) is 0 Å². The van der Waals surface area contributed by atoms with Crippen LogP contribution in [0.1, 0.15) is 32.3 Å². The average Bonchev–Trinajstić information content (AvgIpc) is 2.47. The minimum absolute atomic E-state index is 0.108. The summed E-state index contributed by atoms with van der Waals surface area (Å²) in [5.41, 5.74) is 8.29. The number of benzene rings is 1. The highest BCUT2D eigenvalue weighted by Gasteiger charge is 2.21. The van der Waals surface area contributed by atoms with Gasteiger partial charge in [-0.2, -0.15) is 11.8 Å². The summed E-state index contributed by atoms with van der Waals surface area (Å²) in [6.45, 7) is 6.41. The van der Waals surface area contributed by atoms with E-state index >= 15 is 0 Å². The smallest absolute Gasteiger partial charge is 0.123 e. The molecule has 2 nitrogen and oxygen atoms in total. The molecule has 1 aromatic carbocycles. The van der Waals surface area contributed by atoms with Crippen LogP contribution in [0, 0.1) is 5.82 Å². The molecule has 0 radical (unpaired) electrons. The Morgan fingerprint density at radius 2 is 2.25 bits per heavy atom. The highest BCUT2D eigenvalue weighted by atomic mass is 32.2. The van der Waals surface area contributed by atoms with Crippen LogP contribution >= 0.6 is 11.8 Å². The lowest BCUT2D eigenvalue weighted by Gasteiger charge is -2.35. The first-order valence-electron chi connectivity index (χ1n) is 7.54. The molecule has 112 valence electrons.